The van der Waals surface area contributed by atoms with E-state index in [1.807, 2.05) is 0 Å². The molecule has 0 aromatic heterocycles. The molecule has 0 saturated carbocycles. The van der Waals surface area contributed by atoms with E-state index < -0.39 is 11.9 Å². The van der Waals surface area contributed by atoms with Gasteiger partial charge in [-0.1, -0.05) is 59.6 Å². The molecule has 0 aromatic rings. The van der Waals surface area contributed by atoms with Crippen molar-refractivity contribution in [2.24, 2.45) is 5.92 Å². The van der Waals surface area contributed by atoms with Gasteiger partial charge in [0.2, 0.25) is 0 Å². The minimum atomic E-state index is -0.489. The van der Waals surface area contributed by atoms with Crippen LogP contribution in [0.1, 0.15) is 60.3 Å². The zero-order valence-electron chi connectivity index (χ0n) is 14.9. The standard InChI is InChI=1S/C10H14O4.C8H18/c1-7(2)9(11)13-5-6-14-10(12)8(3)4;1-4-6-7-8(3)5-2/h1,3,5-6H2,2,4H3;8H,4-7H2,1-3H3. The van der Waals surface area contributed by atoms with Crippen LogP contribution in [0.15, 0.2) is 24.3 Å². The van der Waals surface area contributed by atoms with Gasteiger partial charge in [-0.2, -0.15) is 0 Å². The summed E-state index contributed by atoms with van der Waals surface area (Å²) in [5.41, 5.74) is 0.632. The first-order valence-corrected chi connectivity index (χ1v) is 7.91. The Hall–Kier alpha value is -1.58. The average molecular weight is 312 g/mol. The monoisotopic (exact) mass is 312 g/mol. The lowest BCUT2D eigenvalue weighted by molar-refractivity contribution is -0.147. The fraction of sp³-hybridized carbons (Fsp3) is 0.667. The van der Waals surface area contributed by atoms with Gasteiger partial charge in [-0.25, -0.2) is 9.59 Å². The van der Waals surface area contributed by atoms with E-state index in [0.29, 0.717) is 11.1 Å². The molecule has 0 aliphatic heterocycles. The minimum absolute atomic E-state index is 0.0325. The largest absolute Gasteiger partial charge is 0.459 e. The maximum Gasteiger partial charge on any atom is 0.333 e. The van der Waals surface area contributed by atoms with E-state index in [1.165, 1.54) is 25.7 Å². The first-order valence-electron chi connectivity index (χ1n) is 7.91. The third-order valence-corrected chi connectivity index (χ3v) is 2.99. The Morgan fingerprint density at radius 1 is 0.955 bits per heavy atom. The summed E-state index contributed by atoms with van der Waals surface area (Å²) in [6.07, 6.45) is 5.53. The van der Waals surface area contributed by atoms with E-state index in [4.69, 9.17) is 0 Å². The molecule has 0 aliphatic carbocycles. The topological polar surface area (TPSA) is 52.6 Å². The van der Waals surface area contributed by atoms with Crippen LogP contribution < -0.4 is 0 Å². The fourth-order valence-electron chi connectivity index (χ4n) is 1.27. The molecule has 1 unspecified atom stereocenters. The molecule has 0 N–H and O–H groups in total. The van der Waals surface area contributed by atoms with E-state index in [1.54, 1.807) is 13.8 Å². The van der Waals surface area contributed by atoms with Crippen molar-refractivity contribution < 1.29 is 19.1 Å². The summed E-state index contributed by atoms with van der Waals surface area (Å²) in [5.74, 6) is -0.0253. The SMILES string of the molecule is C=C(C)C(=O)OCCOC(=O)C(=C)C.CCCCC(C)CC. The van der Waals surface area contributed by atoms with Crippen molar-refractivity contribution in [1.82, 2.24) is 0 Å². The van der Waals surface area contributed by atoms with Gasteiger partial charge in [-0.05, 0) is 19.8 Å². The number of esters is 2. The average Bonchev–Trinajstić information content (AvgIpc) is 2.48. The molecule has 0 radical (unpaired) electrons. The number of carbonyl (C=O) groups excluding carboxylic acids is 2. The van der Waals surface area contributed by atoms with E-state index in [0.717, 1.165) is 5.92 Å². The minimum Gasteiger partial charge on any atom is -0.459 e. The molecule has 0 rings (SSSR count). The van der Waals surface area contributed by atoms with Crippen LogP contribution in [0.3, 0.4) is 0 Å². The van der Waals surface area contributed by atoms with Crippen LogP contribution in [0.25, 0.3) is 0 Å². The molecule has 128 valence electrons. The second kappa shape index (κ2) is 14.4. The smallest absolute Gasteiger partial charge is 0.333 e. The maximum absolute atomic E-state index is 10.8. The Balaban J connectivity index is 0. The van der Waals surface area contributed by atoms with E-state index in [-0.39, 0.29) is 13.2 Å². The third-order valence-electron chi connectivity index (χ3n) is 2.99. The maximum atomic E-state index is 10.8. The summed E-state index contributed by atoms with van der Waals surface area (Å²) in [5, 5.41) is 0. The van der Waals surface area contributed by atoms with Crippen molar-refractivity contribution in [1.29, 1.82) is 0 Å². The second-order valence-corrected chi connectivity index (χ2v) is 5.49. The number of unbranched alkanes of at least 4 members (excludes halogenated alkanes) is 1. The Labute approximate surface area is 135 Å². The molecule has 22 heavy (non-hydrogen) atoms. The van der Waals surface area contributed by atoms with Crippen LogP contribution in [-0.2, 0) is 19.1 Å². The van der Waals surface area contributed by atoms with Crippen LogP contribution in [0, 0.1) is 5.92 Å². The number of hydrogen-bond donors (Lipinski definition) is 0. The molecule has 4 nitrogen and oxygen atoms in total. The number of hydrogen-bond acceptors (Lipinski definition) is 4. The molecule has 0 heterocycles. The highest BCUT2D eigenvalue weighted by molar-refractivity contribution is 5.87. The number of ether oxygens (including phenoxy) is 2. The highest BCUT2D eigenvalue weighted by atomic mass is 16.6. The Bertz CT molecular complexity index is 330. The third kappa shape index (κ3) is 14.8. The highest BCUT2D eigenvalue weighted by Gasteiger charge is 2.05. The molecule has 0 amide bonds. The zero-order chi connectivity index (χ0) is 17.5. The van der Waals surface area contributed by atoms with Gasteiger partial charge in [-0.15, -0.1) is 0 Å². The molecular weight excluding hydrogens is 280 g/mol. The summed E-state index contributed by atoms with van der Waals surface area (Å²) < 4.78 is 9.38. The molecule has 0 fully saturated rings. The summed E-state index contributed by atoms with van der Waals surface area (Å²) in [6, 6.07) is 0. The quantitative estimate of drug-likeness (QED) is 0.358. The highest BCUT2D eigenvalue weighted by Crippen LogP contribution is 2.09. The predicted molar refractivity (Wildman–Crippen MR) is 90.5 cm³/mol. The lowest BCUT2D eigenvalue weighted by Crippen LogP contribution is -2.14. The molecule has 0 aliphatic rings. The molecule has 0 aromatic carbocycles. The lowest BCUT2D eigenvalue weighted by atomic mass is 10.0. The molecule has 0 bridgehead atoms. The molecule has 1 atom stereocenters. The van der Waals surface area contributed by atoms with Crippen LogP contribution in [-0.4, -0.2) is 25.2 Å². The zero-order valence-corrected chi connectivity index (χ0v) is 14.9. The number of rotatable bonds is 9. The van der Waals surface area contributed by atoms with Gasteiger partial charge in [-0.3, -0.25) is 0 Å². The van der Waals surface area contributed by atoms with Crippen LogP contribution >= 0.6 is 0 Å². The van der Waals surface area contributed by atoms with Crippen molar-refractivity contribution in [2.45, 2.75) is 60.3 Å². The summed E-state index contributed by atoms with van der Waals surface area (Å²) in [7, 11) is 0. The van der Waals surface area contributed by atoms with E-state index in [9.17, 15) is 9.59 Å². The van der Waals surface area contributed by atoms with Gasteiger partial charge in [0, 0.05) is 11.1 Å². The molecule has 0 spiro atoms. The number of carbonyl (C=O) groups is 2. The molecule has 4 heteroatoms. The van der Waals surface area contributed by atoms with Crippen molar-refractivity contribution in [3.8, 4) is 0 Å². The second-order valence-electron chi connectivity index (χ2n) is 5.49. The Morgan fingerprint density at radius 2 is 1.36 bits per heavy atom. The van der Waals surface area contributed by atoms with Crippen molar-refractivity contribution in [2.75, 3.05) is 13.2 Å². The van der Waals surface area contributed by atoms with E-state index >= 15 is 0 Å². The predicted octanol–water partition coefficient (Wildman–Crippen LogP) is 4.45. The van der Waals surface area contributed by atoms with Crippen molar-refractivity contribution in [3.05, 3.63) is 24.3 Å². The van der Waals surface area contributed by atoms with Gasteiger partial charge in [0.05, 0.1) is 0 Å². The summed E-state index contributed by atoms with van der Waals surface area (Å²) in [4.78, 5) is 21.7. The van der Waals surface area contributed by atoms with Gasteiger partial charge in [0.25, 0.3) is 0 Å². The van der Waals surface area contributed by atoms with Crippen LogP contribution in [0.4, 0.5) is 0 Å². The van der Waals surface area contributed by atoms with Crippen LogP contribution in [0.5, 0.6) is 0 Å². The van der Waals surface area contributed by atoms with Gasteiger partial charge < -0.3 is 9.47 Å². The van der Waals surface area contributed by atoms with E-state index in [2.05, 4.69) is 43.4 Å². The summed E-state index contributed by atoms with van der Waals surface area (Å²) >= 11 is 0. The molecule has 0 saturated heterocycles. The first kappa shape index (κ1) is 22.7. The van der Waals surface area contributed by atoms with Crippen molar-refractivity contribution in [3.63, 3.8) is 0 Å². The summed E-state index contributed by atoms with van der Waals surface area (Å²) in [6.45, 7) is 16.8. The molecular formula is C18H32O4. The van der Waals surface area contributed by atoms with Crippen molar-refractivity contribution >= 4 is 11.9 Å². The normalized spacial score (nSPS) is 10.8. The Morgan fingerprint density at radius 3 is 1.64 bits per heavy atom. The van der Waals surface area contributed by atoms with Crippen LogP contribution in [0.2, 0.25) is 0 Å². The van der Waals surface area contributed by atoms with Gasteiger partial charge in [0.1, 0.15) is 13.2 Å². The first-order chi connectivity index (χ1) is 10.3. The fourth-order valence-corrected chi connectivity index (χ4v) is 1.27. The van der Waals surface area contributed by atoms with Gasteiger partial charge in [0.15, 0.2) is 0 Å². The van der Waals surface area contributed by atoms with Gasteiger partial charge >= 0.3 is 11.9 Å². The Kier molecular flexibility index (Phi) is 14.8. The lowest BCUT2D eigenvalue weighted by Gasteiger charge is -2.05.